The van der Waals surface area contributed by atoms with Crippen LogP contribution in [0.4, 0.5) is 4.79 Å². The number of rotatable bonds is 5. The number of alkyl carbamates (subject to hydrolysis) is 1. The summed E-state index contributed by atoms with van der Waals surface area (Å²) >= 11 is 0. The first kappa shape index (κ1) is 16.3. The Bertz CT molecular complexity index is 419. The van der Waals surface area contributed by atoms with E-state index in [0.29, 0.717) is 5.56 Å². The third-order valence-electron chi connectivity index (χ3n) is 2.39. The van der Waals surface area contributed by atoms with Crippen molar-refractivity contribution in [1.82, 2.24) is 15.3 Å². The molecule has 1 aromatic heterocycles. The molecule has 0 aliphatic rings. The molecule has 0 spiro atoms. The van der Waals surface area contributed by atoms with Crippen LogP contribution in [0.3, 0.4) is 0 Å². The van der Waals surface area contributed by atoms with Gasteiger partial charge in [-0.3, -0.25) is 0 Å². The molecule has 1 rings (SSSR count). The predicted molar refractivity (Wildman–Crippen MR) is 71.9 cm³/mol. The molecular weight excluding hydrogens is 262 g/mol. The summed E-state index contributed by atoms with van der Waals surface area (Å²) in [5.41, 5.74) is -0.138. The van der Waals surface area contributed by atoms with Gasteiger partial charge in [-0.15, -0.1) is 0 Å². The number of aliphatic hydroxyl groups is 2. The molecule has 0 bridgehead atoms. The Labute approximate surface area is 118 Å². The summed E-state index contributed by atoms with van der Waals surface area (Å²) in [7, 11) is 0. The first-order chi connectivity index (χ1) is 9.29. The van der Waals surface area contributed by atoms with Crippen molar-refractivity contribution in [3.63, 3.8) is 0 Å². The monoisotopic (exact) mass is 283 g/mol. The molecule has 0 aromatic carbocycles. The Kier molecular flexibility index (Phi) is 5.84. The molecule has 0 aliphatic carbocycles. The second-order valence-electron chi connectivity index (χ2n) is 5.40. The van der Waals surface area contributed by atoms with Crippen LogP contribution in [0.5, 0.6) is 0 Å². The number of carbonyl (C=O) groups excluding carboxylic acids is 1. The van der Waals surface area contributed by atoms with Crippen LogP contribution < -0.4 is 5.32 Å². The Morgan fingerprint density at radius 3 is 2.50 bits per heavy atom. The van der Waals surface area contributed by atoms with Gasteiger partial charge in [0.25, 0.3) is 0 Å². The molecule has 20 heavy (non-hydrogen) atoms. The highest BCUT2D eigenvalue weighted by atomic mass is 16.6. The number of amides is 1. The van der Waals surface area contributed by atoms with E-state index in [9.17, 15) is 15.0 Å². The molecule has 0 saturated heterocycles. The van der Waals surface area contributed by atoms with Gasteiger partial charge in [0.05, 0.1) is 6.10 Å². The molecule has 0 fully saturated rings. The van der Waals surface area contributed by atoms with Crippen molar-refractivity contribution in [1.29, 1.82) is 0 Å². The van der Waals surface area contributed by atoms with E-state index in [2.05, 4.69) is 15.3 Å². The van der Waals surface area contributed by atoms with E-state index in [1.807, 2.05) is 0 Å². The lowest BCUT2D eigenvalue weighted by Gasteiger charge is -2.21. The van der Waals surface area contributed by atoms with Gasteiger partial charge in [-0.05, 0) is 27.2 Å². The van der Waals surface area contributed by atoms with Crippen molar-refractivity contribution in [3.8, 4) is 0 Å². The van der Waals surface area contributed by atoms with Crippen molar-refractivity contribution in [3.05, 3.63) is 24.3 Å². The third-order valence-corrected chi connectivity index (χ3v) is 2.39. The summed E-state index contributed by atoms with van der Waals surface area (Å²) in [4.78, 5) is 18.9. The quantitative estimate of drug-likeness (QED) is 0.738. The van der Waals surface area contributed by atoms with Gasteiger partial charge in [-0.2, -0.15) is 0 Å². The lowest BCUT2D eigenvalue weighted by atomic mass is 10.1. The van der Waals surface area contributed by atoms with Gasteiger partial charge in [0.1, 0.15) is 18.0 Å². The Balaban J connectivity index is 2.33. The molecular formula is C13H21N3O4. The van der Waals surface area contributed by atoms with Crippen molar-refractivity contribution >= 4 is 6.09 Å². The van der Waals surface area contributed by atoms with E-state index in [-0.39, 0.29) is 13.0 Å². The first-order valence-electron chi connectivity index (χ1n) is 6.37. The van der Waals surface area contributed by atoms with Gasteiger partial charge >= 0.3 is 6.09 Å². The van der Waals surface area contributed by atoms with Gasteiger partial charge < -0.3 is 20.3 Å². The molecule has 1 heterocycles. The molecule has 2 atom stereocenters. The van der Waals surface area contributed by atoms with Crippen LogP contribution in [0, 0.1) is 0 Å². The largest absolute Gasteiger partial charge is 0.444 e. The summed E-state index contributed by atoms with van der Waals surface area (Å²) < 4.78 is 5.05. The van der Waals surface area contributed by atoms with Crippen molar-refractivity contribution in [2.45, 2.75) is 45.0 Å². The van der Waals surface area contributed by atoms with Crippen LogP contribution in [0.2, 0.25) is 0 Å². The highest BCUT2D eigenvalue weighted by Crippen LogP contribution is 2.16. The van der Waals surface area contributed by atoms with Crippen molar-refractivity contribution in [2.24, 2.45) is 0 Å². The Morgan fingerprint density at radius 2 is 1.95 bits per heavy atom. The van der Waals surface area contributed by atoms with E-state index in [4.69, 9.17) is 4.74 Å². The maximum absolute atomic E-state index is 11.4. The molecule has 2 unspecified atom stereocenters. The zero-order valence-corrected chi connectivity index (χ0v) is 11.9. The number of aromatic nitrogens is 2. The zero-order chi connectivity index (χ0) is 15.2. The second-order valence-corrected chi connectivity index (χ2v) is 5.40. The van der Waals surface area contributed by atoms with Gasteiger partial charge in [0.2, 0.25) is 0 Å². The van der Waals surface area contributed by atoms with E-state index < -0.39 is 23.9 Å². The fourth-order valence-corrected chi connectivity index (χ4v) is 1.48. The molecule has 7 heteroatoms. The van der Waals surface area contributed by atoms with Crippen LogP contribution in [-0.2, 0) is 4.74 Å². The maximum atomic E-state index is 11.4. The first-order valence-corrected chi connectivity index (χ1v) is 6.37. The summed E-state index contributed by atoms with van der Waals surface area (Å²) in [6.07, 6.45) is 1.74. The highest BCUT2D eigenvalue weighted by molar-refractivity contribution is 5.67. The lowest BCUT2D eigenvalue weighted by Crippen LogP contribution is -2.34. The topological polar surface area (TPSA) is 105 Å². The van der Waals surface area contributed by atoms with Crippen LogP contribution in [0.15, 0.2) is 18.7 Å². The fourth-order valence-electron chi connectivity index (χ4n) is 1.48. The molecule has 0 aliphatic heterocycles. The molecule has 1 amide bonds. The third kappa shape index (κ3) is 5.94. The number of nitrogens with zero attached hydrogens (tertiary/aromatic N) is 2. The molecule has 7 nitrogen and oxygen atoms in total. The highest BCUT2D eigenvalue weighted by Gasteiger charge is 2.20. The minimum atomic E-state index is -1.09. The predicted octanol–water partition coefficient (Wildman–Crippen LogP) is 0.786. The van der Waals surface area contributed by atoms with Crippen LogP contribution in [-0.4, -0.2) is 44.5 Å². The average Bonchev–Trinajstić information content (AvgIpc) is 2.36. The molecule has 1 aromatic rings. The molecule has 3 N–H and O–H groups in total. The number of aliphatic hydroxyl groups excluding tert-OH is 2. The number of carbonyl (C=O) groups is 1. The smallest absolute Gasteiger partial charge is 0.407 e. The summed E-state index contributed by atoms with van der Waals surface area (Å²) in [5.74, 6) is 0. The standard InChI is InChI=1S/C13H21N3O4/c1-13(2,3)20-12(19)16-5-4-10(17)11(18)9-6-14-8-15-7-9/h6-8,10-11,17-18H,4-5H2,1-3H3,(H,16,19). The van der Waals surface area contributed by atoms with Crippen molar-refractivity contribution < 1.29 is 19.7 Å². The van der Waals surface area contributed by atoms with E-state index in [0.717, 1.165) is 0 Å². The molecule has 0 saturated carbocycles. The number of hydrogen-bond acceptors (Lipinski definition) is 6. The molecule has 0 radical (unpaired) electrons. The van der Waals surface area contributed by atoms with Gasteiger partial charge in [0, 0.05) is 24.5 Å². The van der Waals surface area contributed by atoms with E-state index >= 15 is 0 Å². The summed E-state index contributed by atoms with van der Waals surface area (Å²) in [6, 6.07) is 0. The summed E-state index contributed by atoms with van der Waals surface area (Å²) in [6.45, 7) is 5.49. The minimum absolute atomic E-state index is 0.190. The zero-order valence-electron chi connectivity index (χ0n) is 11.9. The van der Waals surface area contributed by atoms with Crippen LogP contribution in [0.1, 0.15) is 38.9 Å². The fraction of sp³-hybridized carbons (Fsp3) is 0.615. The maximum Gasteiger partial charge on any atom is 0.407 e. The Hall–Kier alpha value is -1.73. The van der Waals surface area contributed by atoms with Gasteiger partial charge in [0.15, 0.2) is 0 Å². The average molecular weight is 283 g/mol. The number of hydrogen-bond donors (Lipinski definition) is 3. The number of nitrogens with one attached hydrogen (secondary N) is 1. The SMILES string of the molecule is CC(C)(C)OC(=O)NCCC(O)C(O)c1cncnc1. The van der Waals surface area contributed by atoms with Crippen molar-refractivity contribution in [2.75, 3.05) is 6.54 Å². The van der Waals surface area contributed by atoms with Crippen LogP contribution >= 0.6 is 0 Å². The second kappa shape index (κ2) is 7.16. The van der Waals surface area contributed by atoms with Gasteiger partial charge in [-0.25, -0.2) is 14.8 Å². The number of ether oxygens (including phenoxy) is 1. The molecule has 112 valence electrons. The Morgan fingerprint density at radius 1 is 1.35 bits per heavy atom. The van der Waals surface area contributed by atoms with E-state index in [1.165, 1.54) is 18.7 Å². The minimum Gasteiger partial charge on any atom is -0.444 e. The van der Waals surface area contributed by atoms with Crippen LogP contribution in [0.25, 0.3) is 0 Å². The normalized spacial score (nSPS) is 14.4. The lowest BCUT2D eigenvalue weighted by molar-refractivity contribution is 0.0119. The van der Waals surface area contributed by atoms with Gasteiger partial charge in [-0.1, -0.05) is 0 Å². The summed E-state index contributed by atoms with van der Waals surface area (Å²) in [5, 5.41) is 22.2. The van der Waals surface area contributed by atoms with E-state index in [1.54, 1.807) is 20.8 Å².